The van der Waals surface area contributed by atoms with Crippen molar-refractivity contribution in [3.63, 3.8) is 0 Å². The maximum atomic E-state index is 12.4. The summed E-state index contributed by atoms with van der Waals surface area (Å²) < 4.78 is 0.856. The molecule has 3 nitrogen and oxygen atoms in total. The molecule has 0 heterocycles. The van der Waals surface area contributed by atoms with E-state index in [0.717, 1.165) is 35.7 Å². The van der Waals surface area contributed by atoms with Crippen molar-refractivity contribution in [2.45, 2.75) is 37.8 Å². The van der Waals surface area contributed by atoms with Gasteiger partial charge in [-0.3, -0.25) is 4.79 Å². The van der Waals surface area contributed by atoms with Crippen LogP contribution in [0.5, 0.6) is 0 Å². The van der Waals surface area contributed by atoms with E-state index in [1.165, 1.54) is 0 Å². The Labute approximate surface area is 116 Å². The van der Waals surface area contributed by atoms with Crippen molar-refractivity contribution in [3.05, 3.63) is 34.3 Å². The minimum Gasteiger partial charge on any atom is -0.339 e. The molecule has 0 bridgehead atoms. The van der Waals surface area contributed by atoms with Gasteiger partial charge in [-0.1, -0.05) is 12.1 Å². The molecule has 0 spiro atoms. The summed E-state index contributed by atoms with van der Waals surface area (Å²) >= 11 is 3.43. The van der Waals surface area contributed by atoms with E-state index in [0.29, 0.717) is 12.1 Å². The molecule has 0 aromatic heterocycles. The van der Waals surface area contributed by atoms with E-state index in [-0.39, 0.29) is 5.91 Å². The second-order valence-electron chi connectivity index (χ2n) is 4.96. The van der Waals surface area contributed by atoms with Crippen LogP contribution in [0.1, 0.15) is 36.0 Å². The number of carbonyl (C=O) groups excluding carboxylic acids is 1. The van der Waals surface area contributed by atoms with Crippen molar-refractivity contribution in [3.8, 4) is 0 Å². The lowest BCUT2D eigenvalue weighted by atomic mass is 9.90. The third kappa shape index (κ3) is 2.93. The molecule has 4 heteroatoms. The van der Waals surface area contributed by atoms with Crippen LogP contribution in [0, 0.1) is 0 Å². The molecule has 98 valence electrons. The molecule has 0 radical (unpaired) electrons. The highest BCUT2D eigenvalue weighted by atomic mass is 79.9. The zero-order valence-corrected chi connectivity index (χ0v) is 12.2. The SMILES string of the molecule is CN(C(=O)c1ccccc1Br)C1CCC(N)CC1. The molecule has 0 saturated heterocycles. The van der Waals surface area contributed by atoms with E-state index in [1.54, 1.807) is 0 Å². The second kappa shape index (κ2) is 5.85. The summed E-state index contributed by atoms with van der Waals surface area (Å²) in [6.07, 6.45) is 4.04. The van der Waals surface area contributed by atoms with Gasteiger partial charge in [-0.25, -0.2) is 0 Å². The molecule has 1 saturated carbocycles. The van der Waals surface area contributed by atoms with E-state index < -0.39 is 0 Å². The quantitative estimate of drug-likeness (QED) is 0.913. The molecule has 0 atom stereocenters. The van der Waals surface area contributed by atoms with Gasteiger partial charge in [0.2, 0.25) is 0 Å². The third-order valence-electron chi connectivity index (χ3n) is 3.71. The normalized spacial score (nSPS) is 23.7. The number of hydrogen-bond donors (Lipinski definition) is 1. The number of carbonyl (C=O) groups is 1. The fourth-order valence-electron chi connectivity index (χ4n) is 2.48. The molecular weight excluding hydrogens is 292 g/mol. The minimum absolute atomic E-state index is 0.0861. The first-order chi connectivity index (χ1) is 8.59. The molecule has 1 aromatic rings. The molecule has 1 aliphatic carbocycles. The van der Waals surface area contributed by atoms with E-state index >= 15 is 0 Å². The number of nitrogens with zero attached hydrogens (tertiary/aromatic N) is 1. The number of benzene rings is 1. The van der Waals surface area contributed by atoms with Gasteiger partial charge in [0.05, 0.1) is 5.56 Å². The Morgan fingerprint density at radius 1 is 1.28 bits per heavy atom. The molecule has 0 aliphatic heterocycles. The molecule has 1 aromatic carbocycles. The van der Waals surface area contributed by atoms with Gasteiger partial charge in [-0.2, -0.15) is 0 Å². The number of amides is 1. The highest BCUT2D eigenvalue weighted by Gasteiger charge is 2.26. The molecule has 1 fully saturated rings. The number of nitrogens with two attached hydrogens (primary N) is 1. The summed E-state index contributed by atoms with van der Waals surface area (Å²) in [5.41, 5.74) is 6.63. The molecule has 18 heavy (non-hydrogen) atoms. The van der Waals surface area contributed by atoms with E-state index in [9.17, 15) is 4.79 Å². The van der Waals surface area contributed by atoms with Crippen molar-refractivity contribution in [1.82, 2.24) is 4.90 Å². The summed E-state index contributed by atoms with van der Waals surface area (Å²) in [7, 11) is 1.89. The van der Waals surface area contributed by atoms with Crippen LogP contribution in [0.4, 0.5) is 0 Å². The summed E-state index contributed by atoms with van der Waals surface area (Å²) in [5.74, 6) is 0.0861. The van der Waals surface area contributed by atoms with Gasteiger partial charge in [0.25, 0.3) is 5.91 Å². The highest BCUT2D eigenvalue weighted by molar-refractivity contribution is 9.10. The first kappa shape index (κ1) is 13.6. The van der Waals surface area contributed by atoms with Crippen molar-refractivity contribution in [1.29, 1.82) is 0 Å². The molecule has 1 amide bonds. The Bertz CT molecular complexity index is 428. The molecule has 0 unspecified atom stereocenters. The lowest BCUT2D eigenvalue weighted by Crippen LogP contribution is -2.41. The van der Waals surface area contributed by atoms with E-state index in [2.05, 4.69) is 15.9 Å². The number of hydrogen-bond acceptors (Lipinski definition) is 2. The van der Waals surface area contributed by atoms with Crippen LogP contribution in [-0.2, 0) is 0 Å². The van der Waals surface area contributed by atoms with Gasteiger partial charge in [0.1, 0.15) is 0 Å². The van der Waals surface area contributed by atoms with Crippen molar-refractivity contribution < 1.29 is 4.79 Å². The average molecular weight is 311 g/mol. The maximum Gasteiger partial charge on any atom is 0.254 e. The van der Waals surface area contributed by atoms with Crippen LogP contribution < -0.4 is 5.73 Å². The highest BCUT2D eigenvalue weighted by Crippen LogP contribution is 2.24. The zero-order valence-electron chi connectivity index (χ0n) is 10.6. The van der Waals surface area contributed by atoms with Gasteiger partial charge in [-0.15, -0.1) is 0 Å². The Hall–Kier alpha value is -0.870. The van der Waals surface area contributed by atoms with Crippen LogP contribution in [-0.4, -0.2) is 29.9 Å². The second-order valence-corrected chi connectivity index (χ2v) is 5.82. The van der Waals surface area contributed by atoms with Crippen LogP contribution >= 0.6 is 15.9 Å². The summed E-state index contributed by atoms with van der Waals surface area (Å²) in [6.45, 7) is 0. The molecule has 2 N–H and O–H groups in total. The van der Waals surface area contributed by atoms with Crippen LogP contribution in [0.25, 0.3) is 0 Å². The maximum absolute atomic E-state index is 12.4. The van der Waals surface area contributed by atoms with Gasteiger partial charge in [-0.05, 0) is 53.7 Å². The summed E-state index contributed by atoms with van der Waals surface area (Å²) in [4.78, 5) is 14.3. The average Bonchev–Trinajstić information content (AvgIpc) is 2.38. The molecule has 1 aliphatic rings. The monoisotopic (exact) mass is 310 g/mol. The van der Waals surface area contributed by atoms with Crippen LogP contribution in [0.15, 0.2) is 28.7 Å². The van der Waals surface area contributed by atoms with Crippen molar-refractivity contribution in [2.75, 3.05) is 7.05 Å². The lowest BCUT2D eigenvalue weighted by Gasteiger charge is -2.33. The minimum atomic E-state index is 0.0861. The first-order valence-corrected chi connectivity index (χ1v) is 7.16. The predicted molar refractivity (Wildman–Crippen MR) is 76.5 cm³/mol. The Balaban J connectivity index is 2.07. The van der Waals surface area contributed by atoms with Gasteiger partial charge in [0.15, 0.2) is 0 Å². The van der Waals surface area contributed by atoms with E-state index in [4.69, 9.17) is 5.73 Å². The van der Waals surface area contributed by atoms with Gasteiger partial charge >= 0.3 is 0 Å². The standard InChI is InChI=1S/C14H19BrN2O/c1-17(11-8-6-10(16)7-9-11)14(18)12-4-2-3-5-13(12)15/h2-5,10-11H,6-9,16H2,1H3. The fraction of sp³-hybridized carbons (Fsp3) is 0.500. The first-order valence-electron chi connectivity index (χ1n) is 6.37. The topological polar surface area (TPSA) is 46.3 Å². The predicted octanol–water partition coefficient (Wildman–Crippen LogP) is 2.79. The van der Waals surface area contributed by atoms with Crippen LogP contribution in [0.2, 0.25) is 0 Å². The third-order valence-corrected chi connectivity index (χ3v) is 4.41. The molecule has 2 rings (SSSR count). The Morgan fingerprint density at radius 2 is 1.89 bits per heavy atom. The van der Waals surface area contributed by atoms with Gasteiger partial charge in [0, 0.05) is 23.6 Å². The van der Waals surface area contributed by atoms with Crippen molar-refractivity contribution >= 4 is 21.8 Å². The lowest BCUT2D eigenvalue weighted by molar-refractivity contribution is 0.0689. The van der Waals surface area contributed by atoms with Crippen LogP contribution in [0.3, 0.4) is 0 Å². The summed E-state index contributed by atoms with van der Waals surface area (Å²) in [5, 5.41) is 0. The smallest absolute Gasteiger partial charge is 0.254 e. The summed E-state index contributed by atoms with van der Waals surface area (Å²) in [6, 6.07) is 8.20. The number of halogens is 1. The molecular formula is C14H19BrN2O. The fourth-order valence-corrected chi connectivity index (χ4v) is 2.93. The zero-order chi connectivity index (χ0) is 13.1. The van der Waals surface area contributed by atoms with E-state index in [1.807, 2.05) is 36.2 Å². The number of rotatable bonds is 2. The van der Waals surface area contributed by atoms with Gasteiger partial charge < -0.3 is 10.6 Å². The Morgan fingerprint density at radius 3 is 2.50 bits per heavy atom. The van der Waals surface area contributed by atoms with Crippen molar-refractivity contribution in [2.24, 2.45) is 5.73 Å². The Kier molecular flexibility index (Phi) is 4.40. The largest absolute Gasteiger partial charge is 0.339 e.